The molecule has 0 amide bonds. The highest BCUT2D eigenvalue weighted by molar-refractivity contribution is 7.04. The molecule has 0 bridgehead atoms. The quantitative estimate of drug-likeness (QED) is 0.116. The van der Waals surface area contributed by atoms with E-state index < -0.39 is 0 Å². The van der Waals surface area contributed by atoms with Gasteiger partial charge in [0.2, 0.25) is 0 Å². The van der Waals surface area contributed by atoms with Gasteiger partial charge in [0.25, 0.3) is 13.4 Å². The van der Waals surface area contributed by atoms with Crippen LogP contribution in [-0.4, -0.2) is 31.7 Å². The molecule has 0 fully saturated rings. The second-order valence-electron chi connectivity index (χ2n) is 20.9. The van der Waals surface area contributed by atoms with E-state index in [9.17, 15) is 0 Å². The van der Waals surface area contributed by atoms with E-state index in [-0.39, 0.29) is 24.3 Å². The van der Waals surface area contributed by atoms with Gasteiger partial charge in [0.05, 0.1) is 44.1 Å². The van der Waals surface area contributed by atoms with Gasteiger partial charge in [0, 0.05) is 35.6 Å². The fraction of sp³-hybridized carbons (Fsp3) is 0.208. The molecule has 0 saturated carbocycles. The monoisotopic (exact) mass is 754 g/mol. The van der Waals surface area contributed by atoms with E-state index >= 15 is 0 Å². The topological polar surface area (TPSA) is 19.7 Å². The molecule has 9 heterocycles. The molecular weight excluding hydrogens is 714 g/mol. The van der Waals surface area contributed by atoms with Crippen LogP contribution >= 0.6 is 0 Å². The Morgan fingerprint density at radius 2 is 0.814 bits per heavy atom. The van der Waals surface area contributed by atoms with E-state index in [2.05, 4.69) is 157 Å². The SMILES string of the molecule is CC(C)(C)c1ccc2c(c1)B1c3cc(C(C)(C)C)ccc3-n3c4cccc5c4n4c6c7c8c(c1c63)n-2c1cccc2c1n8-c1c(ccc3c1B7c1c(ccc(c1-4)C5)C3)C2. The van der Waals surface area contributed by atoms with Gasteiger partial charge in [-0.3, -0.25) is 0 Å². The molecule has 0 spiro atoms. The molecule has 0 saturated heterocycles. The number of hydrogen-bond acceptors (Lipinski definition) is 0. The highest BCUT2D eigenvalue weighted by atomic mass is 15.1. The van der Waals surface area contributed by atoms with Gasteiger partial charge in [0.1, 0.15) is 0 Å². The first-order valence-electron chi connectivity index (χ1n) is 21.8. The summed E-state index contributed by atoms with van der Waals surface area (Å²) in [4.78, 5) is 0. The van der Waals surface area contributed by atoms with Crippen LogP contribution in [0.4, 0.5) is 0 Å². The Hall–Kier alpha value is -6.13. The van der Waals surface area contributed by atoms with Gasteiger partial charge < -0.3 is 18.3 Å². The summed E-state index contributed by atoms with van der Waals surface area (Å²) in [5.41, 5.74) is 37.2. The maximum absolute atomic E-state index is 2.80. The second kappa shape index (κ2) is 9.19. The Balaban J connectivity index is 1.27. The van der Waals surface area contributed by atoms with E-state index in [1.807, 2.05) is 0 Å². The summed E-state index contributed by atoms with van der Waals surface area (Å²) in [6, 6.07) is 39.3. The minimum atomic E-state index is 0.00653. The van der Waals surface area contributed by atoms with Gasteiger partial charge in [-0.25, -0.2) is 0 Å². The third kappa shape index (κ3) is 3.17. The van der Waals surface area contributed by atoms with Crippen LogP contribution in [0.2, 0.25) is 0 Å². The first-order valence-corrected chi connectivity index (χ1v) is 21.8. The zero-order valence-corrected chi connectivity index (χ0v) is 34.3. The van der Waals surface area contributed by atoms with Crippen molar-refractivity contribution in [2.24, 2.45) is 0 Å². The molecule has 0 N–H and O–H groups in total. The largest absolute Gasteiger partial charge is 0.307 e. The predicted octanol–water partition coefficient (Wildman–Crippen LogP) is 7.18. The van der Waals surface area contributed by atoms with Crippen molar-refractivity contribution < 1.29 is 0 Å². The predicted molar refractivity (Wildman–Crippen MR) is 247 cm³/mol. The summed E-state index contributed by atoms with van der Waals surface area (Å²) in [7, 11) is 0. The van der Waals surface area contributed by atoms with Crippen LogP contribution in [0.25, 0.3) is 66.9 Å². The van der Waals surface area contributed by atoms with E-state index in [1.165, 1.54) is 133 Å². The van der Waals surface area contributed by atoms with Gasteiger partial charge in [-0.05, 0) is 119 Å². The Kier molecular flexibility index (Phi) is 4.81. The molecule has 7 aliphatic heterocycles. The van der Waals surface area contributed by atoms with E-state index in [0.717, 1.165) is 19.3 Å². The van der Waals surface area contributed by atoms with Crippen molar-refractivity contribution >= 4 is 90.3 Å². The third-order valence-electron chi connectivity index (χ3n) is 15.9. The summed E-state index contributed by atoms with van der Waals surface area (Å²) >= 11 is 0. The molecule has 9 aromatic rings. The number of hydrogen-bond donors (Lipinski definition) is 0. The lowest BCUT2D eigenvalue weighted by Gasteiger charge is -2.47. The zero-order valence-electron chi connectivity index (χ0n) is 34.3. The first kappa shape index (κ1) is 30.9. The van der Waals surface area contributed by atoms with E-state index in [4.69, 9.17) is 0 Å². The van der Waals surface area contributed by atoms with Crippen molar-refractivity contribution in [3.05, 3.63) is 142 Å². The Labute approximate surface area is 343 Å². The molecule has 0 aliphatic carbocycles. The lowest BCUT2D eigenvalue weighted by Crippen LogP contribution is -2.67. The fourth-order valence-electron chi connectivity index (χ4n) is 13.5. The summed E-state index contributed by atoms with van der Waals surface area (Å²) in [6.07, 6.45) is 2.91. The van der Waals surface area contributed by atoms with Gasteiger partial charge in [0.15, 0.2) is 0 Å². The van der Waals surface area contributed by atoms with Crippen LogP contribution in [0, 0.1) is 0 Å². The number of nitrogens with zero attached hydrogens (tertiary/aromatic N) is 4. The molecule has 6 heteroatoms. The maximum atomic E-state index is 2.80. The van der Waals surface area contributed by atoms with E-state index in [0.29, 0.717) is 0 Å². The highest BCUT2D eigenvalue weighted by Gasteiger charge is 2.51. The summed E-state index contributed by atoms with van der Waals surface area (Å²) in [6.45, 7) is 14.5. The highest BCUT2D eigenvalue weighted by Crippen LogP contribution is 2.47. The van der Waals surface area contributed by atoms with Crippen LogP contribution in [0.3, 0.4) is 0 Å². The lowest BCUT2D eigenvalue weighted by molar-refractivity contribution is 0.590. The summed E-state index contributed by atoms with van der Waals surface area (Å²) in [5, 5.41) is 0. The van der Waals surface area contributed by atoms with Crippen molar-refractivity contribution in [3.8, 4) is 22.7 Å². The Bertz CT molecular complexity index is 3500. The van der Waals surface area contributed by atoms with Crippen molar-refractivity contribution in [1.29, 1.82) is 0 Å². The van der Waals surface area contributed by atoms with Crippen molar-refractivity contribution in [3.63, 3.8) is 0 Å². The molecule has 278 valence electrons. The lowest BCUT2D eigenvalue weighted by atomic mass is 9.29. The first-order chi connectivity index (χ1) is 28.6. The van der Waals surface area contributed by atoms with Crippen LogP contribution in [0.5, 0.6) is 0 Å². The van der Waals surface area contributed by atoms with Crippen LogP contribution in [0.15, 0.2) is 97.1 Å². The number of aromatic nitrogens is 4. The average molecular weight is 755 g/mol. The van der Waals surface area contributed by atoms with Crippen molar-refractivity contribution in [2.45, 2.75) is 71.6 Å². The fourth-order valence-corrected chi connectivity index (χ4v) is 13.5. The molecule has 7 aromatic carbocycles. The Morgan fingerprint density at radius 1 is 0.390 bits per heavy atom. The second-order valence-corrected chi connectivity index (χ2v) is 20.9. The van der Waals surface area contributed by atoms with Crippen LogP contribution < -0.4 is 32.8 Å². The van der Waals surface area contributed by atoms with Gasteiger partial charge >= 0.3 is 0 Å². The maximum Gasteiger partial charge on any atom is 0.253 e. The van der Waals surface area contributed by atoms with Gasteiger partial charge in [-0.2, -0.15) is 0 Å². The molecule has 0 atom stereocenters. The molecule has 59 heavy (non-hydrogen) atoms. The third-order valence-corrected chi connectivity index (χ3v) is 15.9. The minimum absolute atomic E-state index is 0.00653. The van der Waals surface area contributed by atoms with E-state index in [1.54, 1.807) is 10.9 Å². The molecule has 4 nitrogen and oxygen atoms in total. The number of rotatable bonds is 0. The summed E-state index contributed by atoms with van der Waals surface area (Å²) in [5.74, 6) is 0. The van der Waals surface area contributed by atoms with Crippen LogP contribution in [0.1, 0.15) is 86.1 Å². The number of para-hydroxylation sites is 2. The Morgan fingerprint density at radius 3 is 1.29 bits per heavy atom. The standard InChI is InChI=1S/C53H40B2N4/c1-52(2,3)32-17-19-36-34(24-32)54-35-25-33(53(4,5)6)18-20-37(35)57-39-12-8-10-29-23-31-16-14-27-21-26-13-15-30-22-28-9-7-11-38-44(28)58-46(30)40(26)55-41(27)47(31)59(45(29)39)51-43(55)50(58)48(56(36)38)42(54)49(51)57/h7-20,24-25H,21-23H2,1-6H3. The number of fused-ring (bicyclic) bond motifs is 8. The molecule has 7 aliphatic rings. The van der Waals surface area contributed by atoms with Gasteiger partial charge in [-0.15, -0.1) is 0 Å². The molecule has 16 rings (SSSR count). The van der Waals surface area contributed by atoms with Crippen molar-refractivity contribution in [2.75, 3.05) is 0 Å². The number of benzene rings is 7. The molecule has 0 unspecified atom stereocenters. The smallest absolute Gasteiger partial charge is 0.253 e. The summed E-state index contributed by atoms with van der Waals surface area (Å²) < 4.78 is 11.1. The average Bonchev–Trinajstić information content (AvgIpc) is 3.23. The normalized spacial score (nSPS) is 15.7. The zero-order chi connectivity index (χ0) is 38.9. The van der Waals surface area contributed by atoms with Crippen LogP contribution in [-0.2, 0) is 30.1 Å². The molecule has 0 radical (unpaired) electrons. The van der Waals surface area contributed by atoms with Crippen molar-refractivity contribution in [1.82, 2.24) is 18.3 Å². The molecule has 2 aromatic heterocycles. The molecular formula is C53H40B2N4. The minimum Gasteiger partial charge on any atom is -0.307 e. The van der Waals surface area contributed by atoms with Gasteiger partial charge in [-0.1, -0.05) is 114 Å².